The second-order valence-electron chi connectivity index (χ2n) is 3.83. The molecule has 0 spiro atoms. The number of nitrogens with one attached hydrogen (secondary N) is 1. The van der Waals surface area contributed by atoms with Crippen LogP contribution in [0.25, 0.3) is 0 Å². The maximum atomic E-state index is 5.61. The van der Waals surface area contributed by atoms with Gasteiger partial charge in [-0.05, 0) is 32.1 Å². The summed E-state index contributed by atoms with van der Waals surface area (Å²) >= 11 is 5.61. The van der Waals surface area contributed by atoms with Gasteiger partial charge < -0.3 is 5.32 Å². The Hall–Kier alpha value is -0.830. The first kappa shape index (κ1) is 10.7. The minimum atomic E-state index is 0.686. The third kappa shape index (κ3) is 2.81. The van der Waals surface area contributed by atoms with Crippen LogP contribution in [0.3, 0.4) is 0 Å². The van der Waals surface area contributed by atoms with Gasteiger partial charge in [0, 0.05) is 12.4 Å². The Morgan fingerprint density at radius 1 is 1.27 bits per heavy atom. The lowest BCUT2D eigenvalue weighted by Crippen LogP contribution is -2.11. The first-order chi connectivity index (χ1) is 7.40. The fourth-order valence-corrected chi connectivity index (χ4v) is 1.95. The molecule has 1 heterocycles. The van der Waals surface area contributed by atoms with Crippen molar-refractivity contribution in [3.63, 3.8) is 0 Å². The van der Waals surface area contributed by atoms with Crippen LogP contribution in [0.5, 0.6) is 0 Å². The number of rotatable bonds is 4. The van der Waals surface area contributed by atoms with E-state index in [9.17, 15) is 0 Å². The molecule has 82 valence electrons. The van der Waals surface area contributed by atoms with Gasteiger partial charge in [-0.2, -0.15) is 0 Å². The van der Waals surface area contributed by atoms with Crippen molar-refractivity contribution in [2.75, 3.05) is 17.7 Å². The number of alkyl halides is 1. The van der Waals surface area contributed by atoms with E-state index < -0.39 is 0 Å². The van der Waals surface area contributed by atoms with E-state index in [2.05, 4.69) is 15.3 Å². The molecule has 0 aliphatic heterocycles. The molecule has 0 atom stereocenters. The van der Waals surface area contributed by atoms with Crippen LogP contribution in [-0.2, 0) is 12.8 Å². The zero-order valence-electron chi connectivity index (χ0n) is 8.80. The highest BCUT2D eigenvalue weighted by Gasteiger charge is 2.11. The predicted molar refractivity (Wildman–Crippen MR) is 62.5 cm³/mol. The number of fused-ring (bicyclic) bond motifs is 1. The topological polar surface area (TPSA) is 37.8 Å². The standard InChI is InChI=1S/C11H16ClN3/c12-6-3-7-13-11-8-14-9-4-1-2-5-10(9)15-11/h8H,1-7H2,(H,13,15). The molecule has 0 fully saturated rings. The van der Waals surface area contributed by atoms with Crippen LogP contribution >= 0.6 is 11.6 Å². The summed E-state index contributed by atoms with van der Waals surface area (Å²) in [6, 6.07) is 0. The SMILES string of the molecule is ClCCCNc1cnc2c(n1)CCCC2. The molecule has 4 heteroatoms. The van der Waals surface area contributed by atoms with Crippen molar-refractivity contribution in [3.05, 3.63) is 17.6 Å². The van der Waals surface area contributed by atoms with E-state index in [1.165, 1.54) is 24.2 Å². The van der Waals surface area contributed by atoms with Gasteiger partial charge in [0.05, 0.1) is 17.6 Å². The first-order valence-corrected chi connectivity index (χ1v) is 6.08. The summed E-state index contributed by atoms with van der Waals surface area (Å²) in [5.41, 5.74) is 2.36. The number of halogens is 1. The Bertz CT molecular complexity index is 328. The summed E-state index contributed by atoms with van der Waals surface area (Å²) in [6.07, 6.45) is 7.45. The number of aryl methyl sites for hydroxylation is 2. The number of aromatic nitrogens is 2. The van der Waals surface area contributed by atoms with Crippen molar-refractivity contribution in [2.24, 2.45) is 0 Å². The molecular formula is C11H16ClN3. The van der Waals surface area contributed by atoms with Crippen molar-refractivity contribution in [1.82, 2.24) is 9.97 Å². The maximum absolute atomic E-state index is 5.61. The molecule has 0 bridgehead atoms. The third-order valence-corrected chi connectivity index (χ3v) is 2.89. The van der Waals surface area contributed by atoms with E-state index in [-0.39, 0.29) is 0 Å². The summed E-state index contributed by atoms with van der Waals surface area (Å²) in [6.45, 7) is 0.872. The molecule has 1 aliphatic carbocycles. The van der Waals surface area contributed by atoms with E-state index in [4.69, 9.17) is 11.6 Å². The molecule has 15 heavy (non-hydrogen) atoms. The van der Waals surface area contributed by atoms with Gasteiger partial charge in [-0.15, -0.1) is 11.6 Å². The van der Waals surface area contributed by atoms with E-state index in [1.807, 2.05) is 6.20 Å². The van der Waals surface area contributed by atoms with E-state index in [0.717, 1.165) is 31.6 Å². The molecule has 3 nitrogen and oxygen atoms in total. The molecule has 1 aromatic heterocycles. The van der Waals surface area contributed by atoms with Crippen LogP contribution in [-0.4, -0.2) is 22.4 Å². The Morgan fingerprint density at radius 2 is 2.07 bits per heavy atom. The lowest BCUT2D eigenvalue weighted by Gasteiger charge is -2.14. The van der Waals surface area contributed by atoms with Gasteiger partial charge in [-0.1, -0.05) is 0 Å². The monoisotopic (exact) mass is 225 g/mol. The summed E-state index contributed by atoms with van der Waals surface area (Å²) in [7, 11) is 0. The minimum absolute atomic E-state index is 0.686. The van der Waals surface area contributed by atoms with E-state index in [0.29, 0.717) is 5.88 Å². The van der Waals surface area contributed by atoms with Crippen LogP contribution in [0.4, 0.5) is 5.82 Å². The molecular weight excluding hydrogens is 210 g/mol. The third-order valence-electron chi connectivity index (χ3n) is 2.62. The summed E-state index contributed by atoms with van der Waals surface area (Å²) < 4.78 is 0. The maximum Gasteiger partial charge on any atom is 0.144 e. The highest BCUT2D eigenvalue weighted by atomic mass is 35.5. The van der Waals surface area contributed by atoms with Crippen molar-refractivity contribution in [2.45, 2.75) is 32.1 Å². The molecule has 1 N–H and O–H groups in total. The molecule has 0 radical (unpaired) electrons. The molecule has 0 saturated heterocycles. The number of anilines is 1. The lowest BCUT2D eigenvalue weighted by atomic mass is 10.0. The van der Waals surface area contributed by atoms with E-state index in [1.54, 1.807) is 0 Å². The molecule has 2 rings (SSSR count). The van der Waals surface area contributed by atoms with Crippen LogP contribution in [0.2, 0.25) is 0 Å². The Morgan fingerprint density at radius 3 is 2.87 bits per heavy atom. The summed E-state index contributed by atoms with van der Waals surface area (Å²) in [5, 5.41) is 3.24. The van der Waals surface area contributed by atoms with Gasteiger partial charge in [0.2, 0.25) is 0 Å². The average Bonchev–Trinajstić information content (AvgIpc) is 2.29. The highest BCUT2D eigenvalue weighted by Crippen LogP contribution is 2.18. The average molecular weight is 226 g/mol. The summed E-state index contributed by atoms with van der Waals surface area (Å²) in [5.74, 6) is 1.58. The molecule has 0 aromatic carbocycles. The fraction of sp³-hybridized carbons (Fsp3) is 0.636. The predicted octanol–water partition coefficient (Wildman–Crippen LogP) is 2.40. The van der Waals surface area contributed by atoms with Crippen molar-refractivity contribution in [1.29, 1.82) is 0 Å². The molecule has 1 aromatic rings. The number of nitrogens with zero attached hydrogens (tertiary/aromatic N) is 2. The van der Waals surface area contributed by atoms with Crippen molar-refractivity contribution < 1.29 is 0 Å². The molecule has 1 aliphatic rings. The van der Waals surface area contributed by atoms with Crippen LogP contribution in [0.1, 0.15) is 30.7 Å². The second kappa shape index (κ2) is 5.31. The largest absolute Gasteiger partial charge is 0.369 e. The Labute approximate surface area is 95.3 Å². The minimum Gasteiger partial charge on any atom is -0.369 e. The van der Waals surface area contributed by atoms with Crippen molar-refractivity contribution in [3.8, 4) is 0 Å². The molecule has 0 saturated carbocycles. The van der Waals surface area contributed by atoms with Crippen LogP contribution in [0, 0.1) is 0 Å². The fourth-order valence-electron chi connectivity index (χ4n) is 1.81. The number of hydrogen-bond donors (Lipinski definition) is 1. The van der Waals surface area contributed by atoms with Gasteiger partial charge >= 0.3 is 0 Å². The normalized spacial score (nSPS) is 14.7. The van der Waals surface area contributed by atoms with Gasteiger partial charge in [0.15, 0.2) is 0 Å². The Balaban J connectivity index is 2.00. The van der Waals surface area contributed by atoms with E-state index >= 15 is 0 Å². The summed E-state index contributed by atoms with van der Waals surface area (Å²) in [4.78, 5) is 9.01. The lowest BCUT2D eigenvalue weighted by molar-refractivity contribution is 0.649. The van der Waals surface area contributed by atoms with Crippen LogP contribution in [0.15, 0.2) is 6.20 Å². The quantitative estimate of drug-likeness (QED) is 0.632. The first-order valence-electron chi connectivity index (χ1n) is 5.55. The zero-order valence-corrected chi connectivity index (χ0v) is 9.56. The van der Waals surface area contributed by atoms with Gasteiger partial charge in [0.1, 0.15) is 5.82 Å². The molecule has 0 amide bonds. The van der Waals surface area contributed by atoms with Gasteiger partial charge in [0.25, 0.3) is 0 Å². The van der Waals surface area contributed by atoms with Gasteiger partial charge in [-0.25, -0.2) is 4.98 Å². The molecule has 0 unspecified atom stereocenters. The van der Waals surface area contributed by atoms with Crippen LogP contribution < -0.4 is 5.32 Å². The highest BCUT2D eigenvalue weighted by molar-refractivity contribution is 6.17. The van der Waals surface area contributed by atoms with Crippen molar-refractivity contribution >= 4 is 17.4 Å². The second-order valence-corrected chi connectivity index (χ2v) is 4.20. The number of hydrogen-bond acceptors (Lipinski definition) is 3. The Kier molecular flexibility index (Phi) is 3.78. The smallest absolute Gasteiger partial charge is 0.144 e. The van der Waals surface area contributed by atoms with Gasteiger partial charge in [-0.3, -0.25) is 4.98 Å². The zero-order chi connectivity index (χ0) is 10.5.